The van der Waals surface area contributed by atoms with Gasteiger partial charge in [0.2, 0.25) is 0 Å². The maximum atomic E-state index is 11.3. The Labute approximate surface area is 67.7 Å². The molecule has 1 fully saturated rings. The average Bonchev–Trinajstić information content (AvgIpc) is 2.05. The minimum absolute atomic E-state index is 0.0567. The molecule has 0 spiro atoms. The fourth-order valence-corrected chi connectivity index (χ4v) is 1.37. The molecular formula is C9H15NO. The van der Waals surface area contributed by atoms with Crippen molar-refractivity contribution in [3.63, 3.8) is 0 Å². The summed E-state index contributed by atoms with van der Waals surface area (Å²) in [7, 11) is 0. The molecule has 0 radical (unpaired) electrons. The Hall–Kier alpha value is -0.630. The molecule has 1 N–H and O–H groups in total. The van der Waals surface area contributed by atoms with Gasteiger partial charge < -0.3 is 5.32 Å². The Morgan fingerprint density at radius 1 is 1.55 bits per heavy atom. The van der Waals surface area contributed by atoms with Crippen molar-refractivity contribution in [3.05, 3.63) is 12.2 Å². The molecule has 1 heterocycles. The summed E-state index contributed by atoms with van der Waals surface area (Å²) in [4.78, 5) is 11.3. The van der Waals surface area contributed by atoms with Gasteiger partial charge in [-0.3, -0.25) is 4.79 Å². The Kier molecular flexibility index (Phi) is 2.83. The van der Waals surface area contributed by atoms with Crippen molar-refractivity contribution in [2.24, 2.45) is 0 Å². The molecule has 0 aromatic carbocycles. The maximum Gasteiger partial charge on any atom is 0.174 e. The van der Waals surface area contributed by atoms with Crippen molar-refractivity contribution in [2.45, 2.75) is 32.2 Å². The number of hydrogen-bond donors (Lipinski definition) is 1. The first-order valence-electron chi connectivity index (χ1n) is 4.15. The first kappa shape index (κ1) is 8.47. The van der Waals surface area contributed by atoms with Crippen molar-refractivity contribution >= 4 is 5.78 Å². The van der Waals surface area contributed by atoms with Crippen molar-refractivity contribution in [3.8, 4) is 0 Å². The number of ketones is 1. The van der Waals surface area contributed by atoms with Gasteiger partial charge in [-0.25, -0.2) is 0 Å². The van der Waals surface area contributed by atoms with Crippen LogP contribution in [0.2, 0.25) is 0 Å². The van der Waals surface area contributed by atoms with E-state index < -0.39 is 0 Å². The van der Waals surface area contributed by atoms with Gasteiger partial charge in [0.25, 0.3) is 0 Å². The van der Waals surface area contributed by atoms with E-state index in [4.69, 9.17) is 0 Å². The summed E-state index contributed by atoms with van der Waals surface area (Å²) in [6.45, 7) is 6.39. The molecule has 0 amide bonds. The predicted molar refractivity (Wildman–Crippen MR) is 45.5 cm³/mol. The molecular weight excluding hydrogens is 138 g/mol. The van der Waals surface area contributed by atoms with Gasteiger partial charge in [0.1, 0.15) is 0 Å². The van der Waals surface area contributed by atoms with Crippen molar-refractivity contribution in [1.29, 1.82) is 0 Å². The van der Waals surface area contributed by atoms with E-state index >= 15 is 0 Å². The van der Waals surface area contributed by atoms with Crippen molar-refractivity contribution < 1.29 is 4.79 Å². The zero-order valence-electron chi connectivity index (χ0n) is 7.02. The molecule has 1 saturated heterocycles. The van der Waals surface area contributed by atoms with E-state index in [1.54, 1.807) is 6.92 Å². The van der Waals surface area contributed by atoms with Gasteiger partial charge in [-0.2, -0.15) is 0 Å². The van der Waals surface area contributed by atoms with Crippen LogP contribution >= 0.6 is 0 Å². The SMILES string of the molecule is C=C(C)C(=O)[C@H]1CCCCN1. The lowest BCUT2D eigenvalue weighted by Crippen LogP contribution is -2.40. The first-order valence-corrected chi connectivity index (χ1v) is 4.15. The largest absolute Gasteiger partial charge is 0.307 e. The van der Waals surface area contributed by atoms with E-state index in [-0.39, 0.29) is 11.8 Å². The number of carbonyl (C=O) groups is 1. The first-order chi connectivity index (χ1) is 5.22. The summed E-state index contributed by atoms with van der Waals surface area (Å²) in [6, 6.07) is 0.0567. The summed E-state index contributed by atoms with van der Waals surface area (Å²) in [5.41, 5.74) is 0.671. The van der Waals surface area contributed by atoms with Crippen LogP contribution in [0.3, 0.4) is 0 Å². The molecule has 0 aromatic heterocycles. The summed E-state index contributed by atoms with van der Waals surface area (Å²) in [5, 5.41) is 3.19. The highest BCUT2D eigenvalue weighted by atomic mass is 16.1. The zero-order valence-corrected chi connectivity index (χ0v) is 7.02. The molecule has 11 heavy (non-hydrogen) atoms. The molecule has 1 rings (SSSR count). The molecule has 0 unspecified atom stereocenters. The highest BCUT2D eigenvalue weighted by molar-refractivity contribution is 5.98. The lowest BCUT2D eigenvalue weighted by atomic mass is 9.98. The summed E-state index contributed by atoms with van der Waals surface area (Å²) in [5.74, 6) is 0.185. The third-order valence-corrected chi connectivity index (χ3v) is 2.05. The molecule has 2 nitrogen and oxygen atoms in total. The van der Waals surface area contributed by atoms with Crippen LogP contribution in [0.25, 0.3) is 0 Å². The molecule has 1 atom stereocenters. The van der Waals surface area contributed by atoms with E-state index in [9.17, 15) is 4.79 Å². The topological polar surface area (TPSA) is 29.1 Å². The quantitative estimate of drug-likeness (QED) is 0.605. The Morgan fingerprint density at radius 2 is 2.27 bits per heavy atom. The second-order valence-corrected chi connectivity index (χ2v) is 3.15. The Balaban J connectivity index is 2.45. The standard InChI is InChI=1S/C9H15NO/c1-7(2)9(11)8-5-3-4-6-10-8/h8,10H,1,3-6H2,2H3/t8-/m1/s1. The van der Waals surface area contributed by atoms with Crippen LogP contribution in [-0.4, -0.2) is 18.4 Å². The monoisotopic (exact) mass is 153 g/mol. The number of piperidine rings is 1. The van der Waals surface area contributed by atoms with Crippen LogP contribution in [0, 0.1) is 0 Å². The third-order valence-electron chi connectivity index (χ3n) is 2.05. The fourth-order valence-electron chi connectivity index (χ4n) is 1.37. The van der Waals surface area contributed by atoms with Gasteiger partial charge in [0.05, 0.1) is 6.04 Å². The summed E-state index contributed by atoms with van der Waals surface area (Å²) in [6.07, 6.45) is 3.34. The van der Waals surface area contributed by atoms with E-state index in [0.29, 0.717) is 5.57 Å². The third kappa shape index (κ3) is 2.15. The van der Waals surface area contributed by atoms with Crippen LogP contribution < -0.4 is 5.32 Å². The lowest BCUT2D eigenvalue weighted by Gasteiger charge is -2.21. The lowest BCUT2D eigenvalue weighted by molar-refractivity contribution is -0.117. The van der Waals surface area contributed by atoms with E-state index in [1.165, 1.54) is 6.42 Å². The molecule has 1 aliphatic heterocycles. The average molecular weight is 153 g/mol. The van der Waals surface area contributed by atoms with Gasteiger partial charge >= 0.3 is 0 Å². The van der Waals surface area contributed by atoms with Crippen LogP contribution in [-0.2, 0) is 4.79 Å². The predicted octanol–water partition coefficient (Wildman–Crippen LogP) is 1.27. The van der Waals surface area contributed by atoms with E-state index in [2.05, 4.69) is 11.9 Å². The second kappa shape index (κ2) is 3.67. The molecule has 2 heteroatoms. The molecule has 1 aliphatic rings. The van der Waals surface area contributed by atoms with Crippen LogP contribution in [0.5, 0.6) is 0 Å². The summed E-state index contributed by atoms with van der Waals surface area (Å²) < 4.78 is 0. The fraction of sp³-hybridized carbons (Fsp3) is 0.667. The second-order valence-electron chi connectivity index (χ2n) is 3.15. The van der Waals surface area contributed by atoms with E-state index in [0.717, 1.165) is 19.4 Å². The molecule has 62 valence electrons. The Bertz CT molecular complexity index is 168. The molecule has 0 saturated carbocycles. The number of Topliss-reactive ketones (excluding diaryl/α,β-unsaturated/α-hetero) is 1. The molecule has 0 aromatic rings. The van der Waals surface area contributed by atoms with Gasteiger partial charge in [-0.1, -0.05) is 13.0 Å². The van der Waals surface area contributed by atoms with Gasteiger partial charge in [-0.05, 0) is 31.9 Å². The van der Waals surface area contributed by atoms with Crippen LogP contribution in [0.15, 0.2) is 12.2 Å². The van der Waals surface area contributed by atoms with Gasteiger partial charge in [-0.15, -0.1) is 0 Å². The van der Waals surface area contributed by atoms with Gasteiger partial charge in [0.15, 0.2) is 5.78 Å². The number of hydrogen-bond acceptors (Lipinski definition) is 2. The highest BCUT2D eigenvalue weighted by Crippen LogP contribution is 2.10. The minimum Gasteiger partial charge on any atom is -0.307 e. The highest BCUT2D eigenvalue weighted by Gasteiger charge is 2.19. The maximum absolute atomic E-state index is 11.3. The van der Waals surface area contributed by atoms with Crippen molar-refractivity contribution in [2.75, 3.05) is 6.54 Å². The summed E-state index contributed by atoms with van der Waals surface area (Å²) >= 11 is 0. The minimum atomic E-state index is 0.0567. The molecule has 0 aliphatic carbocycles. The zero-order chi connectivity index (χ0) is 8.27. The number of carbonyl (C=O) groups excluding carboxylic acids is 1. The van der Waals surface area contributed by atoms with Gasteiger partial charge in [0, 0.05) is 0 Å². The Morgan fingerprint density at radius 3 is 2.73 bits per heavy atom. The number of nitrogens with one attached hydrogen (secondary N) is 1. The number of rotatable bonds is 2. The van der Waals surface area contributed by atoms with E-state index in [1.807, 2.05) is 0 Å². The van der Waals surface area contributed by atoms with Crippen LogP contribution in [0.4, 0.5) is 0 Å². The van der Waals surface area contributed by atoms with Crippen molar-refractivity contribution in [1.82, 2.24) is 5.32 Å². The van der Waals surface area contributed by atoms with Crippen LogP contribution in [0.1, 0.15) is 26.2 Å². The normalized spacial score (nSPS) is 24.6. The smallest absolute Gasteiger partial charge is 0.174 e. The molecule has 0 bridgehead atoms.